The molecule has 2 aliphatic rings. The van der Waals surface area contributed by atoms with E-state index in [9.17, 15) is 4.39 Å². The van der Waals surface area contributed by atoms with Crippen LogP contribution in [0.25, 0.3) is 0 Å². The lowest BCUT2D eigenvalue weighted by Gasteiger charge is -2.07. The Labute approximate surface area is 83.3 Å². The van der Waals surface area contributed by atoms with Gasteiger partial charge in [-0.2, -0.15) is 0 Å². The second-order valence-corrected chi connectivity index (χ2v) is 4.57. The van der Waals surface area contributed by atoms with Gasteiger partial charge in [0.25, 0.3) is 0 Å². The number of hydrogen-bond donors (Lipinski definition) is 1. The minimum absolute atomic E-state index is 0.0266. The lowest BCUT2D eigenvalue weighted by Crippen LogP contribution is -2.11. The van der Waals surface area contributed by atoms with E-state index in [1.54, 1.807) is 12.1 Å². The Bertz CT molecular complexity index is 355. The van der Waals surface area contributed by atoms with Crippen molar-refractivity contribution in [2.24, 2.45) is 5.41 Å². The molecule has 1 saturated heterocycles. The van der Waals surface area contributed by atoms with Crippen molar-refractivity contribution in [2.45, 2.75) is 18.8 Å². The molecule has 1 aliphatic carbocycles. The fourth-order valence-electron chi connectivity index (χ4n) is 2.78. The van der Waals surface area contributed by atoms with Crippen LogP contribution in [0.3, 0.4) is 0 Å². The Morgan fingerprint density at radius 3 is 2.93 bits per heavy atom. The van der Waals surface area contributed by atoms with Gasteiger partial charge < -0.3 is 5.32 Å². The number of rotatable bonds is 1. The molecule has 2 atom stereocenters. The van der Waals surface area contributed by atoms with E-state index in [-0.39, 0.29) is 5.82 Å². The molecule has 0 radical (unpaired) electrons. The molecule has 0 amide bonds. The van der Waals surface area contributed by atoms with E-state index in [0.29, 0.717) is 11.3 Å². The lowest BCUT2D eigenvalue weighted by molar-refractivity contribution is 0.533. The molecule has 2 heteroatoms. The van der Waals surface area contributed by atoms with Gasteiger partial charge in [0, 0.05) is 6.54 Å². The molecule has 1 N–H and O–H groups in total. The Kier molecular flexibility index (Phi) is 1.68. The van der Waals surface area contributed by atoms with Crippen LogP contribution in [0.15, 0.2) is 24.3 Å². The van der Waals surface area contributed by atoms with E-state index < -0.39 is 0 Å². The van der Waals surface area contributed by atoms with Crippen molar-refractivity contribution in [1.82, 2.24) is 5.32 Å². The Morgan fingerprint density at radius 2 is 2.21 bits per heavy atom. The zero-order valence-corrected chi connectivity index (χ0v) is 8.09. The summed E-state index contributed by atoms with van der Waals surface area (Å²) >= 11 is 0. The van der Waals surface area contributed by atoms with Crippen molar-refractivity contribution in [3.8, 4) is 0 Å². The minimum atomic E-state index is -0.0266. The summed E-state index contributed by atoms with van der Waals surface area (Å²) in [6, 6.07) is 7.21. The van der Waals surface area contributed by atoms with Crippen LogP contribution in [0.1, 0.15) is 24.3 Å². The van der Waals surface area contributed by atoms with Crippen molar-refractivity contribution in [1.29, 1.82) is 0 Å². The van der Waals surface area contributed by atoms with Crippen molar-refractivity contribution in [3.63, 3.8) is 0 Å². The Morgan fingerprint density at radius 1 is 1.36 bits per heavy atom. The zero-order chi connectivity index (χ0) is 9.60. The summed E-state index contributed by atoms with van der Waals surface area (Å²) in [7, 11) is 0. The van der Waals surface area contributed by atoms with Crippen molar-refractivity contribution in [3.05, 3.63) is 35.6 Å². The Balaban J connectivity index is 1.89. The van der Waals surface area contributed by atoms with Crippen molar-refractivity contribution < 1.29 is 4.39 Å². The molecule has 1 nitrogen and oxygen atoms in total. The maximum atomic E-state index is 13.5. The Hall–Kier alpha value is -0.890. The van der Waals surface area contributed by atoms with Crippen LogP contribution >= 0.6 is 0 Å². The highest BCUT2D eigenvalue weighted by atomic mass is 19.1. The molecule has 14 heavy (non-hydrogen) atoms. The van der Waals surface area contributed by atoms with E-state index in [4.69, 9.17) is 0 Å². The third kappa shape index (κ3) is 1.10. The highest BCUT2D eigenvalue weighted by Crippen LogP contribution is 2.62. The van der Waals surface area contributed by atoms with E-state index >= 15 is 0 Å². The minimum Gasteiger partial charge on any atom is -0.316 e. The molecule has 1 spiro atoms. The highest BCUT2D eigenvalue weighted by Gasteiger charge is 2.56. The maximum absolute atomic E-state index is 13.5. The predicted octanol–water partition coefficient (Wildman–Crippen LogP) is 2.29. The number of benzene rings is 1. The monoisotopic (exact) mass is 191 g/mol. The SMILES string of the molecule is Fc1ccccc1C1CC12CCNC2. The third-order valence-corrected chi connectivity index (χ3v) is 3.75. The van der Waals surface area contributed by atoms with Gasteiger partial charge in [0.15, 0.2) is 0 Å². The molecule has 1 aromatic carbocycles. The first-order chi connectivity index (χ1) is 6.82. The van der Waals surface area contributed by atoms with Crippen LogP contribution in [-0.2, 0) is 0 Å². The molecule has 1 saturated carbocycles. The molecule has 74 valence electrons. The maximum Gasteiger partial charge on any atom is 0.126 e. The van der Waals surface area contributed by atoms with Gasteiger partial charge in [0.05, 0.1) is 0 Å². The number of nitrogens with one attached hydrogen (secondary N) is 1. The van der Waals surface area contributed by atoms with Gasteiger partial charge >= 0.3 is 0 Å². The summed E-state index contributed by atoms with van der Waals surface area (Å²) < 4.78 is 13.5. The van der Waals surface area contributed by atoms with Crippen LogP contribution in [0.2, 0.25) is 0 Å². The summed E-state index contributed by atoms with van der Waals surface area (Å²) in [5.74, 6) is 0.444. The first-order valence-corrected chi connectivity index (χ1v) is 5.27. The summed E-state index contributed by atoms with van der Waals surface area (Å²) in [4.78, 5) is 0. The van der Waals surface area contributed by atoms with Crippen LogP contribution in [0.5, 0.6) is 0 Å². The molecule has 3 rings (SSSR count). The molecular weight excluding hydrogens is 177 g/mol. The normalized spacial score (nSPS) is 35.1. The van der Waals surface area contributed by atoms with Crippen LogP contribution in [0.4, 0.5) is 4.39 Å². The number of hydrogen-bond acceptors (Lipinski definition) is 1. The molecule has 1 heterocycles. The summed E-state index contributed by atoms with van der Waals surface area (Å²) in [6.45, 7) is 2.18. The van der Waals surface area contributed by atoms with E-state index in [1.807, 2.05) is 12.1 Å². The number of halogens is 1. The average molecular weight is 191 g/mol. The van der Waals surface area contributed by atoms with E-state index in [1.165, 1.54) is 12.8 Å². The van der Waals surface area contributed by atoms with Gasteiger partial charge in [-0.25, -0.2) is 4.39 Å². The molecule has 0 bridgehead atoms. The first kappa shape index (κ1) is 8.42. The van der Waals surface area contributed by atoms with Gasteiger partial charge in [0.1, 0.15) is 5.82 Å². The van der Waals surface area contributed by atoms with Crippen molar-refractivity contribution in [2.75, 3.05) is 13.1 Å². The van der Waals surface area contributed by atoms with Gasteiger partial charge in [-0.15, -0.1) is 0 Å². The summed E-state index contributed by atoms with van der Waals surface area (Å²) in [6.07, 6.45) is 2.38. The largest absolute Gasteiger partial charge is 0.316 e. The van der Waals surface area contributed by atoms with Crippen LogP contribution in [-0.4, -0.2) is 13.1 Å². The molecule has 1 aromatic rings. The van der Waals surface area contributed by atoms with Crippen molar-refractivity contribution >= 4 is 0 Å². The van der Waals surface area contributed by atoms with Gasteiger partial charge in [-0.1, -0.05) is 18.2 Å². The predicted molar refractivity (Wildman–Crippen MR) is 53.7 cm³/mol. The van der Waals surface area contributed by atoms with Gasteiger partial charge in [-0.05, 0) is 42.3 Å². The fourth-order valence-corrected chi connectivity index (χ4v) is 2.78. The molecule has 2 fully saturated rings. The highest BCUT2D eigenvalue weighted by molar-refractivity contribution is 5.32. The molecule has 2 unspecified atom stereocenters. The van der Waals surface area contributed by atoms with Gasteiger partial charge in [-0.3, -0.25) is 0 Å². The summed E-state index contributed by atoms with van der Waals surface area (Å²) in [5, 5.41) is 3.37. The van der Waals surface area contributed by atoms with Crippen LogP contribution < -0.4 is 5.32 Å². The quantitative estimate of drug-likeness (QED) is 0.718. The topological polar surface area (TPSA) is 12.0 Å². The third-order valence-electron chi connectivity index (χ3n) is 3.75. The zero-order valence-electron chi connectivity index (χ0n) is 8.09. The smallest absolute Gasteiger partial charge is 0.126 e. The molecule has 1 aliphatic heterocycles. The van der Waals surface area contributed by atoms with Crippen LogP contribution in [0, 0.1) is 11.2 Å². The lowest BCUT2D eigenvalue weighted by atomic mass is 9.98. The molecule has 0 aromatic heterocycles. The summed E-state index contributed by atoms with van der Waals surface area (Å²) in [5.41, 5.74) is 1.33. The second kappa shape index (κ2) is 2.80. The first-order valence-electron chi connectivity index (χ1n) is 5.27. The second-order valence-electron chi connectivity index (χ2n) is 4.57. The average Bonchev–Trinajstić information content (AvgIpc) is 2.67. The van der Waals surface area contributed by atoms with E-state index in [0.717, 1.165) is 18.7 Å². The van der Waals surface area contributed by atoms with E-state index in [2.05, 4.69) is 5.32 Å². The fraction of sp³-hybridized carbons (Fsp3) is 0.500. The standard InChI is InChI=1S/C12H14FN/c13-11-4-2-1-3-9(11)10-7-12(10)5-6-14-8-12/h1-4,10,14H,5-8H2. The van der Waals surface area contributed by atoms with Gasteiger partial charge in [0.2, 0.25) is 0 Å². The molecular formula is C12H14FN.